The zero-order valence-electron chi connectivity index (χ0n) is 13.8. The Labute approximate surface area is 142 Å². The van der Waals surface area contributed by atoms with Crippen molar-refractivity contribution in [2.24, 2.45) is 7.05 Å². The molecule has 1 N–H and O–H groups in total. The Kier molecular flexibility index (Phi) is 4.47. The smallest absolute Gasteiger partial charge is 0.272 e. The molecule has 7 heteroatoms. The molecular weight excluding hydrogens is 326 g/mol. The Bertz CT molecular complexity index is 865. The maximum absolute atomic E-state index is 12.6. The van der Waals surface area contributed by atoms with Gasteiger partial charge in [-0.15, -0.1) is 0 Å². The summed E-state index contributed by atoms with van der Waals surface area (Å²) in [6.07, 6.45) is 3.26. The Morgan fingerprint density at radius 2 is 1.83 bits per heavy atom. The maximum Gasteiger partial charge on any atom is 0.272 e. The van der Waals surface area contributed by atoms with Crippen LogP contribution in [-0.4, -0.2) is 36.3 Å². The minimum Gasteiger partial charge on any atom is -0.345 e. The highest BCUT2D eigenvalue weighted by Gasteiger charge is 2.29. The van der Waals surface area contributed by atoms with Crippen molar-refractivity contribution in [3.63, 3.8) is 0 Å². The van der Waals surface area contributed by atoms with Gasteiger partial charge in [-0.2, -0.15) is 4.31 Å². The SMILES string of the molecule is Cc1ccccc1NC(=O)c1cc(S(=O)(=O)N2CCCC2)cn1C. The largest absolute Gasteiger partial charge is 0.345 e. The normalized spacial score (nSPS) is 15.6. The Balaban J connectivity index is 1.86. The summed E-state index contributed by atoms with van der Waals surface area (Å²) in [6, 6.07) is 8.91. The van der Waals surface area contributed by atoms with Gasteiger partial charge in [0.15, 0.2) is 0 Å². The molecule has 2 heterocycles. The Morgan fingerprint density at radius 1 is 1.17 bits per heavy atom. The standard InChI is InChI=1S/C17H21N3O3S/c1-13-7-3-4-8-15(13)18-17(21)16-11-14(12-19(16)2)24(22,23)20-9-5-6-10-20/h3-4,7-8,11-12H,5-6,9-10H2,1-2H3,(H,18,21). The van der Waals surface area contributed by atoms with Gasteiger partial charge in [-0.25, -0.2) is 8.42 Å². The number of anilines is 1. The van der Waals surface area contributed by atoms with Crippen molar-refractivity contribution in [3.8, 4) is 0 Å². The van der Waals surface area contributed by atoms with Crippen molar-refractivity contribution >= 4 is 21.6 Å². The number of amides is 1. The Hall–Kier alpha value is -2.12. The van der Waals surface area contributed by atoms with Crippen LogP contribution in [0.2, 0.25) is 0 Å². The average molecular weight is 347 g/mol. The van der Waals surface area contributed by atoms with Crippen LogP contribution in [0.1, 0.15) is 28.9 Å². The van der Waals surface area contributed by atoms with Crippen molar-refractivity contribution in [1.29, 1.82) is 0 Å². The molecule has 1 saturated heterocycles. The molecule has 128 valence electrons. The summed E-state index contributed by atoms with van der Waals surface area (Å²) in [5.41, 5.74) is 1.98. The first-order chi connectivity index (χ1) is 11.4. The van der Waals surface area contributed by atoms with Gasteiger partial charge in [0.05, 0.1) is 0 Å². The third kappa shape index (κ3) is 3.09. The molecular formula is C17H21N3O3S. The van der Waals surface area contributed by atoms with Crippen LogP contribution in [0.15, 0.2) is 41.4 Å². The van der Waals surface area contributed by atoms with Gasteiger partial charge in [0.25, 0.3) is 5.91 Å². The van der Waals surface area contributed by atoms with Crippen LogP contribution in [-0.2, 0) is 17.1 Å². The summed E-state index contributed by atoms with van der Waals surface area (Å²) in [6.45, 7) is 2.99. The van der Waals surface area contributed by atoms with E-state index in [1.54, 1.807) is 11.6 Å². The Morgan fingerprint density at radius 3 is 2.50 bits per heavy atom. The molecule has 1 aliphatic heterocycles. The third-order valence-electron chi connectivity index (χ3n) is 4.31. The summed E-state index contributed by atoms with van der Waals surface area (Å²) in [4.78, 5) is 12.7. The molecule has 1 aliphatic rings. The highest BCUT2D eigenvalue weighted by molar-refractivity contribution is 7.89. The zero-order valence-corrected chi connectivity index (χ0v) is 14.6. The molecule has 2 aromatic rings. The number of carbonyl (C=O) groups is 1. The third-order valence-corrected chi connectivity index (χ3v) is 6.17. The monoisotopic (exact) mass is 347 g/mol. The van der Waals surface area contributed by atoms with E-state index >= 15 is 0 Å². The molecule has 0 spiro atoms. The van der Waals surface area contributed by atoms with Crippen molar-refractivity contribution in [3.05, 3.63) is 47.8 Å². The quantitative estimate of drug-likeness (QED) is 0.923. The lowest BCUT2D eigenvalue weighted by Gasteiger charge is -2.13. The average Bonchev–Trinajstić information content (AvgIpc) is 3.19. The first-order valence-electron chi connectivity index (χ1n) is 7.93. The molecule has 0 bridgehead atoms. The number of hydrogen-bond donors (Lipinski definition) is 1. The molecule has 0 radical (unpaired) electrons. The van der Waals surface area contributed by atoms with E-state index in [1.165, 1.54) is 16.6 Å². The van der Waals surface area contributed by atoms with E-state index in [-0.39, 0.29) is 10.8 Å². The molecule has 1 amide bonds. The van der Waals surface area contributed by atoms with Gasteiger partial charge >= 0.3 is 0 Å². The van der Waals surface area contributed by atoms with Crippen LogP contribution in [0.4, 0.5) is 5.69 Å². The fourth-order valence-corrected chi connectivity index (χ4v) is 4.47. The second kappa shape index (κ2) is 6.41. The number of hydrogen-bond acceptors (Lipinski definition) is 3. The van der Waals surface area contributed by atoms with Gasteiger partial charge in [0.1, 0.15) is 10.6 Å². The number of carbonyl (C=O) groups excluding carboxylic acids is 1. The minimum absolute atomic E-state index is 0.168. The lowest BCUT2D eigenvalue weighted by Crippen LogP contribution is -2.27. The van der Waals surface area contributed by atoms with E-state index < -0.39 is 10.0 Å². The molecule has 1 aromatic carbocycles. The highest BCUT2D eigenvalue weighted by atomic mass is 32.2. The van der Waals surface area contributed by atoms with E-state index in [1.807, 2.05) is 31.2 Å². The molecule has 1 fully saturated rings. The van der Waals surface area contributed by atoms with Crippen molar-refractivity contribution in [2.45, 2.75) is 24.7 Å². The molecule has 24 heavy (non-hydrogen) atoms. The first-order valence-corrected chi connectivity index (χ1v) is 9.37. The molecule has 0 atom stereocenters. The van der Waals surface area contributed by atoms with E-state index in [0.717, 1.165) is 18.4 Å². The molecule has 3 rings (SSSR count). The maximum atomic E-state index is 12.6. The number of nitrogens with zero attached hydrogens (tertiary/aromatic N) is 2. The summed E-state index contributed by atoms with van der Waals surface area (Å²) < 4.78 is 28.3. The van der Waals surface area contributed by atoms with Crippen LogP contribution in [0, 0.1) is 6.92 Å². The fraction of sp³-hybridized carbons (Fsp3) is 0.353. The minimum atomic E-state index is -3.52. The number of sulfonamides is 1. The van der Waals surface area contributed by atoms with Crippen LogP contribution in [0.5, 0.6) is 0 Å². The first kappa shape index (κ1) is 16.7. The highest BCUT2D eigenvalue weighted by Crippen LogP contribution is 2.23. The van der Waals surface area contributed by atoms with Crippen molar-refractivity contribution in [2.75, 3.05) is 18.4 Å². The lowest BCUT2D eigenvalue weighted by molar-refractivity contribution is 0.101. The van der Waals surface area contributed by atoms with Gasteiger partial charge in [0, 0.05) is 32.0 Å². The van der Waals surface area contributed by atoms with E-state index in [0.29, 0.717) is 24.5 Å². The van der Waals surface area contributed by atoms with Crippen molar-refractivity contribution < 1.29 is 13.2 Å². The van der Waals surface area contributed by atoms with E-state index in [2.05, 4.69) is 5.32 Å². The van der Waals surface area contributed by atoms with Crippen LogP contribution >= 0.6 is 0 Å². The summed E-state index contributed by atoms with van der Waals surface area (Å²) in [5.74, 6) is -0.324. The second-order valence-corrected chi connectivity index (χ2v) is 7.99. The second-order valence-electron chi connectivity index (χ2n) is 6.05. The number of rotatable bonds is 4. The summed E-state index contributed by atoms with van der Waals surface area (Å²) in [5, 5.41) is 2.83. The van der Waals surface area contributed by atoms with Gasteiger partial charge in [-0.05, 0) is 37.5 Å². The molecule has 1 aromatic heterocycles. The summed E-state index contributed by atoms with van der Waals surface area (Å²) in [7, 11) is -1.85. The van der Waals surface area contributed by atoms with E-state index in [4.69, 9.17) is 0 Å². The van der Waals surface area contributed by atoms with Gasteiger partial charge in [0.2, 0.25) is 10.0 Å². The van der Waals surface area contributed by atoms with Gasteiger partial charge in [-0.1, -0.05) is 18.2 Å². The molecule has 0 aliphatic carbocycles. The summed E-state index contributed by atoms with van der Waals surface area (Å²) >= 11 is 0. The predicted octanol–water partition coefficient (Wildman–Crippen LogP) is 2.37. The van der Waals surface area contributed by atoms with Crippen LogP contribution in [0.3, 0.4) is 0 Å². The predicted molar refractivity (Wildman–Crippen MR) is 92.5 cm³/mol. The van der Waals surface area contributed by atoms with Gasteiger partial charge < -0.3 is 9.88 Å². The fourth-order valence-electron chi connectivity index (χ4n) is 2.88. The zero-order chi connectivity index (χ0) is 17.3. The van der Waals surface area contributed by atoms with Crippen molar-refractivity contribution in [1.82, 2.24) is 8.87 Å². The topological polar surface area (TPSA) is 71.4 Å². The molecule has 6 nitrogen and oxygen atoms in total. The molecule has 0 saturated carbocycles. The lowest BCUT2D eigenvalue weighted by atomic mass is 10.2. The van der Waals surface area contributed by atoms with Crippen LogP contribution in [0.25, 0.3) is 0 Å². The number of aromatic nitrogens is 1. The number of nitrogens with one attached hydrogen (secondary N) is 1. The molecule has 0 unspecified atom stereocenters. The number of para-hydroxylation sites is 1. The number of aryl methyl sites for hydroxylation is 2. The van der Waals surface area contributed by atoms with E-state index in [9.17, 15) is 13.2 Å². The number of benzene rings is 1. The van der Waals surface area contributed by atoms with Crippen LogP contribution < -0.4 is 5.32 Å². The van der Waals surface area contributed by atoms with Gasteiger partial charge in [-0.3, -0.25) is 4.79 Å².